The Balaban J connectivity index is 2.14. The number of hydrogen-bond acceptors (Lipinski definition) is 2. The topological polar surface area (TPSA) is 38.0 Å². The fraction of sp³-hybridized carbons (Fsp3) is 0.250. The molecular weight excluding hydrogens is 188 g/mol. The zero-order valence-electron chi connectivity index (χ0n) is 8.72. The first-order chi connectivity index (χ1) is 7.29. The monoisotopic (exact) mass is 202 g/mol. The highest BCUT2D eigenvalue weighted by molar-refractivity contribution is 5.22. The average Bonchev–Trinajstić information content (AvgIpc) is 2.66. The maximum atomic E-state index is 8.91. The zero-order chi connectivity index (χ0) is 10.7. The van der Waals surface area contributed by atoms with Crippen LogP contribution < -0.4 is 0 Å². The number of benzene rings is 1. The molecule has 2 aromatic rings. The lowest BCUT2D eigenvalue weighted by molar-refractivity contribution is 0.282. The van der Waals surface area contributed by atoms with Gasteiger partial charge in [-0.05, 0) is 18.1 Å². The summed E-state index contributed by atoms with van der Waals surface area (Å²) in [6, 6.07) is 7.96. The van der Waals surface area contributed by atoms with E-state index in [-0.39, 0.29) is 6.61 Å². The van der Waals surface area contributed by atoms with E-state index in [9.17, 15) is 0 Å². The van der Waals surface area contributed by atoms with Crippen LogP contribution in [-0.2, 0) is 13.2 Å². The molecule has 0 saturated carbocycles. The van der Waals surface area contributed by atoms with E-state index < -0.39 is 0 Å². The lowest BCUT2D eigenvalue weighted by atomic mass is 10.1. The normalized spacial score (nSPS) is 10.5. The van der Waals surface area contributed by atoms with E-state index in [2.05, 4.69) is 9.55 Å². The molecule has 0 aliphatic rings. The summed E-state index contributed by atoms with van der Waals surface area (Å²) in [5.41, 5.74) is 2.16. The summed E-state index contributed by atoms with van der Waals surface area (Å²) >= 11 is 0. The van der Waals surface area contributed by atoms with Gasteiger partial charge in [0, 0.05) is 18.9 Å². The molecule has 1 aromatic carbocycles. The zero-order valence-corrected chi connectivity index (χ0v) is 8.72. The molecule has 0 unspecified atom stereocenters. The van der Waals surface area contributed by atoms with E-state index in [0.29, 0.717) is 0 Å². The van der Waals surface area contributed by atoms with Crippen molar-refractivity contribution < 1.29 is 5.11 Å². The molecule has 0 radical (unpaired) electrons. The van der Waals surface area contributed by atoms with Crippen molar-refractivity contribution in [2.45, 2.75) is 20.1 Å². The number of aliphatic hydroxyl groups is 1. The number of nitrogens with zero attached hydrogens (tertiary/aromatic N) is 2. The quantitative estimate of drug-likeness (QED) is 0.823. The van der Waals surface area contributed by atoms with Gasteiger partial charge in [0.1, 0.15) is 5.82 Å². The second-order valence-corrected chi connectivity index (χ2v) is 3.58. The minimum atomic E-state index is 0.102. The number of aliphatic hydroxyl groups excluding tert-OH is 1. The molecule has 78 valence electrons. The lowest BCUT2D eigenvalue weighted by Gasteiger charge is -2.05. The van der Waals surface area contributed by atoms with Crippen LogP contribution in [0.15, 0.2) is 36.7 Å². The Bertz CT molecular complexity index is 431. The van der Waals surface area contributed by atoms with Gasteiger partial charge in [-0.1, -0.05) is 24.3 Å². The number of aromatic nitrogens is 2. The molecule has 1 aromatic heterocycles. The molecule has 2 rings (SSSR count). The molecule has 1 heterocycles. The Kier molecular flexibility index (Phi) is 2.83. The number of aryl methyl sites for hydroxylation is 1. The Morgan fingerprint density at radius 3 is 2.40 bits per heavy atom. The van der Waals surface area contributed by atoms with E-state index in [1.165, 1.54) is 5.56 Å². The van der Waals surface area contributed by atoms with Crippen LogP contribution in [0.1, 0.15) is 17.0 Å². The fourth-order valence-electron chi connectivity index (χ4n) is 1.52. The van der Waals surface area contributed by atoms with Crippen molar-refractivity contribution in [3.63, 3.8) is 0 Å². The summed E-state index contributed by atoms with van der Waals surface area (Å²) in [4.78, 5) is 4.17. The predicted octanol–water partition coefficient (Wildman–Crippen LogP) is 1.73. The summed E-state index contributed by atoms with van der Waals surface area (Å²) < 4.78 is 2.09. The molecule has 0 aliphatic heterocycles. The first-order valence-electron chi connectivity index (χ1n) is 4.96. The molecule has 3 nitrogen and oxygen atoms in total. The second-order valence-electron chi connectivity index (χ2n) is 3.58. The lowest BCUT2D eigenvalue weighted by Crippen LogP contribution is -2.00. The molecule has 3 heteroatoms. The van der Waals surface area contributed by atoms with Crippen molar-refractivity contribution in [3.05, 3.63) is 53.6 Å². The molecule has 0 bridgehead atoms. The molecule has 0 atom stereocenters. The Morgan fingerprint density at radius 1 is 1.20 bits per heavy atom. The third kappa shape index (κ3) is 2.25. The van der Waals surface area contributed by atoms with Gasteiger partial charge in [-0.25, -0.2) is 4.98 Å². The molecule has 0 saturated heterocycles. The van der Waals surface area contributed by atoms with Gasteiger partial charge < -0.3 is 9.67 Å². The highest BCUT2D eigenvalue weighted by Crippen LogP contribution is 2.07. The number of imidazole rings is 1. The molecule has 15 heavy (non-hydrogen) atoms. The maximum absolute atomic E-state index is 8.91. The van der Waals surface area contributed by atoms with Crippen molar-refractivity contribution in [2.24, 2.45) is 0 Å². The van der Waals surface area contributed by atoms with E-state index in [4.69, 9.17) is 5.11 Å². The standard InChI is InChI=1S/C12H14N2O/c1-10-13-6-7-14(10)8-11-2-4-12(9-15)5-3-11/h2-7,15H,8-9H2,1H3. The third-order valence-electron chi connectivity index (χ3n) is 2.48. The molecule has 0 spiro atoms. The summed E-state index contributed by atoms with van der Waals surface area (Å²) in [7, 11) is 0. The first-order valence-corrected chi connectivity index (χ1v) is 4.96. The van der Waals surface area contributed by atoms with Crippen LogP contribution in [0.3, 0.4) is 0 Å². The minimum absolute atomic E-state index is 0.102. The van der Waals surface area contributed by atoms with Gasteiger partial charge in [-0.2, -0.15) is 0 Å². The Hall–Kier alpha value is -1.61. The van der Waals surface area contributed by atoms with Gasteiger partial charge in [0.2, 0.25) is 0 Å². The molecule has 0 amide bonds. The second kappa shape index (κ2) is 4.28. The van der Waals surface area contributed by atoms with Crippen molar-refractivity contribution in [3.8, 4) is 0 Å². The van der Waals surface area contributed by atoms with Gasteiger partial charge >= 0.3 is 0 Å². The summed E-state index contributed by atoms with van der Waals surface area (Å²) in [6.07, 6.45) is 3.77. The van der Waals surface area contributed by atoms with Gasteiger partial charge in [-0.15, -0.1) is 0 Å². The molecule has 0 fully saturated rings. The molecule has 1 N–H and O–H groups in total. The number of rotatable bonds is 3. The van der Waals surface area contributed by atoms with E-state index in [0.717, 1.165) is 17.9 Å². The maximum Gasteiger partial charge on any atom is 0.105 e. The predicted molar refractivity (Wildman–Crippen MR) is 58.4 cm³/mol. The van der Waals surface area contributed by atoms with Gasteiger partial charge in [0.15, 0.2) is 0 Å². The van der Waals surface area contributed by atoms with Crippen molar-refractivity contribution >= 4 is 0 Å². The van der Waals surface area contributed by atoms with Crippen LogP contribution in [0, 0.1) is 6.92 Å². The SMILES string of the molecule is Cc1nccn1Cc1ccc(CO)cc1. The van der Waals surface area contributed by atoms with Gasteiger partial charge in [0.25, 0.3) is 0 Å². The highest BCUT2D eigenvalue weighted by Gasteiger charge is 1.98. The molecule has 0 aliphatic carbocycles. The van der Waals surface area contributed by atoms with Crippen LogP contribution in [0.5, 0.6) is 0 Å². The smallest absolute Gasteiger partial charge is 0.105 e. The highest BCUT2D eigenvalue weighted by atomic mass is 16.3. The summed E-state index contributed by atoms with van der Waals surface area (Å²) in [5, 5.41) is 8.91. The van der Waals surface area contributed by atoms with Gasteiger partial charge in [-0.3, -0.25) is 0 Å². The van der Waals surface area contributed by atoms with Crippen LogP contribution in [0.25, 0.3) is 0 Å². The van der Waals surface area contributed by atoms with E-state index in [1.807, 2.05) is 37.4 Å². The van der Waals surface area contributed by atoms with Crippen molar-refractivity contribution in [1.82, 2.24) is 9.55 Å². The first kappa shape index (κ1) is 9.93. The van der Waals surface area contributed by atoms with E-state index >= 15 is 0 Å². The van der Waals surface area contributed by atoms with E-state index in [1.54, 1.807) is 6.20 Å². The molecular formula is C12H14N2O. The summed E-state index contributed by atoms with van der Waals surface area (Å²) in [6.45, 7) is 2.92. The minimum Gasteiger partial charge on any atom is -0.392 e. The summed E-state index contributed by atoms with van der Waals surface area (Å²) in [5.74, 6) is 1.02. The van der Waals surface area contributed by atoms with Gasteiger partial charge in [0.05, 0.1) is 6.61 Å². The van der Waals surface area contributed by atoms with Crippen LogP contribution in [0.2, 0.25) is 0 Å². The van der Waals surface area contributed by atoms with Crippen LogP contribution >= 0.6 is 0 Å². The van der Waals surface area contributed by atoms with Crippen LogP contribution in [-0.4, -0.2) is 14.7 Å². The number of hydrogen-bond donors (Lipinski definition) is 1. The Morgan fingerprint density at radius 2 is 1.87 bits per heavy atom. The Labute approximate surface area is 89.0 Å². The van der Waals surface area contributed by atoms with Crippen molar-refractivity contribution in [1.29, 1.82) is 0 Å². The largest absolute Gasteiger partial charge is 0.392 e. The van der Waals surface area contributed by atoms with Crippen LogP contribution in [0.4, 0.5) is 0 Å². The average molecular weight is 202 g/mol. The fourth-order valence-corrected chi connectivity index (χ4v) is 1.52. The van der Waals surface area contributed by atoms with Crippen molar-refractivity contribution in [2.75, 3.05) is 0 Å². The third-order valence-corrected chi connectivity index (χ3v) is 2.48.